The molecule has 2 aromatic carbocycles. The Labute approximate surface area is 403 Å². The van der Waals surface area contributed by atoms with Crippen LogP contribution in [0.1, 0.15) is 64.4 Å². The molecule has 2 atom stereocenters. The predicted molar refractivity (Wildman–Crippen MR) is 275 cm³/mol. The first kappa shape index (κ1) is 48.2. The van der Waals surface area contributed by atoms with E-state index < -0.39 is 0 Å². The van der Waals surface area contributed by atoms with Crippen molar-refractivity contribution in [3.05, 3.63) is 176 Å². The number of fused-ring (bicyclic) bond motifs is 2. The molecular weight excluding hydrogens is 865 g/mol. The number of aryl methyl sites for hydroxylation is 6. The molecule has 69 heavy (non-hydrogen) atoms. The van der Waals surface area contributed by atoms with Gasteiger partial charge < -0.3 is 24.3 Å². The Bertz CT molecular complexity index is 3110. The zero-order chi connectivity index (χ0) is 48.4. The Morgan fingerprint density at radius 3 is 1.78 bits per heavy atom. The van der Waals surface area contributed by atoms with Gasteiger partial charge in [0.15, 0.2) is 17.1 Å². The van der Waals surface area contributed by atoms with Gasteiger partial charge >= 0.3 is 0 Å². The lowest BCUT2D eigenvalue weighted by atomic mass is 10.0. The number of hydrogen-bond donors (Lipinski definition) is 1. The number of para-hydroxylation sites is 2. The summed E-state index contributed by atoms with van der Waals surface area (Å²) < 4.78 is 7.63. The first-order chi connectivity index (χ1) is 33.4. The van der Waals surface area contributed by atoms with Gasteiger partial charge in [0, 0.05) is 133 Å². The van der Waals surface area contributed by atoms with Gasteiger partial charge in [-0.1, -0.05) is 24.3 Å². The van der Waals surface area contributed by atoms with Crippen molar-refractivity contribution in [3.63, 3.8) is 0 Å². The summed E-state index contributed by atoms with van der Waals surface area (Å²) in [6.45, 7) is 9.77. The summed E-state index contributed by atoms with van der Waals surface area (Å²) in [5.74, 6) is 0. The molecule has 10 rings (SSSR count). The number of piperidine rings is 2. The minimum absolute atomic E-state index is 0.125. The topological polar surface area (TPSA) is 144 Å². The molecule has 0 saturated carbocycles. The van der Waals surface area contributed by atoms with Gasteiger partial charge in [-0.15, -0.1) is 0 Å². The van der Waals surface area contributed by atoms with E-state index >= 15 is 0 Å². The van der Waals surface area contributed by atoms with Gasteiger partial charge in [0.25, 0.3) is 0 Å². The molecule has 0 radical (unpaired) electrons. The lowest BCUT2D eigenvalue weighted by Gasteiger charge is -2.40. The number of carbonyl (C=O) groups is 1. The van der Waals surface area contributed by atoms with E-state index in [4.69, 9.17) is 0 Å². The molecule has 8 aromatic rings. The molecule has 358 valence electrons. The number of nitrogens with one attached hydrogen (secondary N) is 1. The number of nitrogens with zero attached hydrogens (tertiary/aromatic N) is 11. The van der Waals surface area contributed by atoms with E-state index in [0.717, 1.165) is 120 Å². The third kappa shape index (κ3) is 11.7. The largest absolute Gasteiger partial charge is 0.369 e. The minimum Gasteiger partial charge on any atom is -0.369 e. The van der Waals surface area contributed by atoms with Crippen LogP contribution in [0.25, 0.3) is 21.8 Å². The van der Waals surface area contributed by atoms with Crippen LogP contribution in [-0.2, 0) is 47.8 Å². The number of rotatable bonds is 11. The predicted octanol–water partition coefficient (Wildman–Crippen LogP) is 6.88. The quantitative estimate of drug-likeness (QED) is 0.136. The number of pyridine rings is 4. The molecular formula is C54H64N12O3. The maximum absolute atomic E-state index is 13.4. The maximum Gasteiger partial charge on any atom is 0.193 e. The monoisotopic (exact) mass is 929 g/mol. The molecule has 0 unspecified atom stereocenters. The zero-order valence-electron chi connectivity index (χ0n) is 40.7. The van der Waals surface area contributed by atoms with Crippen molar-refractivity contribution in [3.8, 4) is 0 Å². The van der Waals surface area contributed by atoms with Gasteiger partial charge in [0.2, 0.25) is 0 Å². The van der Waals surface area contributed by atoms with Gasteiger partial charge in [-0.2, -0.15) is 10.2 Å². The number of benzene rings is 2. The van der Waals surface area contributed by atoms with Crippen LogP contribution in [-0.4, -0.2) is 88.1 Å². The Morgan fingerprint density at radius 1 is 0.667 bits per heavy atom. The summed E-state index contributed by atoms with van der Waals surface area (Å²) in [7, 11) is 7.76. The van der Waals surface area contributed by atoms with Crippen molar-refractivity contribution in [2.45, 2.75) is 71.2 Å². The molecule has 8 heterocycles. The van der Waals surface area contributed by atoms with Crippen molar-refractivity contribution >= 4 is 39.5 Å². The van der Waals surface area contributed by atoms with E-state index in [0.29, 0.717) is 30.9 Å². The first-order valence-corrected chi connectivity index (χ1v) is 23.8. The number of carbonyl (C=O) groups excluding carboxylic acids is 1. The Kier molecular flexibility index (Phi) is 15.6. The number of anilines is 2. The van der Waals surface area contributed by atoms with E-state index in [1.807, 2.05) is 136 Å². The fraction of sp³-hybridized carbons (Fsp3) is 0.352. The van der Waals surface area contributed by atoms with E-state index in [2.05, 4.69) is 62.9 Å². The van der Waals surface area contributed by atoms with Crippen LogP contribution in [0.3, 0.4) is 0 Å². The second-order valence-corrected chi connectivity index (χ2v) is 18.3. The summed E-state index contributed by atoms with van der Waals surface area (Å²) in [6, 6.07) is 28.4. The Hall–Kier alpha value is -7.23. The first-order valence-electron chi connectivity index (χ1n) is 23.8. The van der Waals surface area contributed by atoms with Gasteiger partial charge in [0.1, 0.15) is 5.69 Å². The van der Waals surface area contributed by atoms with E-state index in [1.165, 1.54) is 5.69 Å². The fourth-order valence-corrected chi connectivity index (χ4v) is 9.75. The lowest BCUT2D eigenvalue weighted by molar-refractivity contribution is 0.111. The molecule has 0 aliphatic carbocycles. The second kappa shape index (κ2) is 22.3. The van der Waals surface area contributed by atoms with Crippen LogP contribution in [0, 0.1) is 13.8 Å². The number of aromatic nitrogens is 8. The van der Waals surface area contributed by atoms with Crippen LogP contribution in [0.5, 0.6) is 0 Å². The normalized spacial score (nSPS) is 16.0. The van der Waals surface area contributed by atoms with Crippen LogP contribution in [0.4, 0.5) is 11.4 Å². The van der Waals surface area contributed by atoms with Crippen LogP contribution in [0.15, 0.2) is 132 Å². The fourth-order valence-electron chi connectivity index (χ4n) is 9.75. The van der Waals surface area contributed by atoms with Crippen molar-refractivity contribution in [1.82, 2.24) is 48.9 Å². The summed E-state index contributed by atoms with van der Waals surface area (Å²) in [6.07, 6.45) is 16.7. The highest BCUT2D eigenvalue weighted by Crippen LogP contribution is 2.25. The Balaban J connectivity index is 0.000000161. The highest BCUT2D eigenvalue weighted by molar-refractivity contribution is 5.80. The highest BCUT2D eigenvalue weighted by Gasteiger charge is 2.28. The minimum atomic E-state index is 0.125. The molecule has 2 aliphatic heterocycles. The van der Waals surface area contributed by atoms with Crippen LogP contribution < -0.4 is 26.0 Å². The van der Waals surface area contributed by atoms with Crippen molar-refractivity contribution in [2.24, 2.45) is 28.2 Å². The van der Waals surface area contributed by atoms with Crippen molar-refractivity contribution in [1.29, 1.82) is 0 Å². The molecule has 0 spiro atoms. The molecule has 0 amide bonds. The average Bonchev–Trinajstić information content (AvgIpc) is 3.90. The lowest BCUT2D eigenvalue weighted by Crippen LogP contribution is -2.48. The van der Waals surface area contributed by atoms with Gasteiger partial charge in [-0.3, -0.25) is 38.6 Å². The third-order valence-corrected chi connectivity index (χ3v) is 13.3. The molecule has 0 bridgehead atoms. The van der Waals surface area contributed by atoms with E-state index in [1.54, 1.807) is 24.0 Å². The number of aldehydes is 1. The summed E-state index contributed by atoms with van der Waals surface area (Å²) in [5.41, 5.74) is 9.84. The van der Waals surface area contributed by atoms with E-state index in [9.17, 15) is 14.4 Å². The van der Waals surface area contributed by atoms with Crippen LogP contribution in [0.2, 0.25) is 0 Å². The molecule has 6 aromatic heterocycles. The van der Waals surface area contributed by atoms with Gasteiger partial charge in [-0.05, 0) is 100 Å². The molecule has 2 saturated heterocycles. The van der Waals surface area contributed by atoms with E-state index in [-0.39, 0.29) is 10.9 Å². The molecule has 15 heteroatoms. The molecule has 1 N–H and O–H groups in total. The summed E-state index contributed by atoms with van der Waals surface area (Å²) >= 11 is 0. The van der Waals surface area contributed by atoms with Gasteiger partial charge in [-0.25, -0.2) is 0 Å². The highest BCUT2D eigenvalue weighted by atomic mass is 16.1. The molecule has 15 nitrogen and oxygen atoms in total. The Morgan fingerprint density at radius 2 is 1.23 bits per heavy atom. The average molecular weight is 929 g/mol. The standard InChI is InChI=1S/C27H32N6O.C21H24N4O.C6H8N2O/c1-20-14-24(31(3)29-20)19-33(23-9-7-13-32(18-23)22-8-6-12-28-15-22)17-21-16-30(2)26-11-5-4-10-25(26)27(21)34;1-24-14-16(21(26)19-8-2-3-9-20(19)24)12-23-17-6-5-11-25(15-17)18-7-4-10-22-13-18;1-5-3-6(4-9)8(2)7-5/h4-6,8,10-12,14-16,23H,7,9,13,17-19H2,1-3H3;2-4,7-10,13-14,17,23H,5-6,11-12,15H2,1H3;3-4H,1-2H3/t23-;17-;/m00./s1. The summed E-state index contributed by atoms with van der Waals surface area (Å²) in [5, 5.41) is 13.7. The second-order valence-electron chi connectivity index (χ2n) is 18.3. The number of hydrogen-bond acceptors (Lipinski definition) is 11. The third-order valence-electron chi connectivity index (χ3n) is 13.3. The molecule has 2 aliphatic rings. The summed E-state index contributed by atoms with van der Waals surface area (Å²) in [4.78, 5) is 52.2. The maximum atomic E-state index is 13.4. The SMILES string of the molecule is Cc1cc(C=O)n(C)n1.Cc1cc(CN(Cc2cn(C)c3ccccc3c2=O)[C@H]2CCCN(c3cccnc3)C2)n(C)n1.Cn1cc(CN[C@H]2CCCN(c3cccnc3)C2)c(=O)c2ccccc21. The molecule has 2 fully saturated rings. The van der Waals surface area contributed by atoms with Crippen molar-refractivity contribution in [2.75, 3.05) is 36.0 Å². The van der Waals surface area contributed by atoms with Crippen LogP contribution >= 0.6 is 0 Å². The van der Waals surface area contributed by atoms with Gasteiger partial charge in [0.05, 0.1) is 51.9 Å². The van der Waals surface area contributed by atoms with Crippen molar-refractivity contribution < 1.29 is 4.79 Å². The zero-order valence-corrected chi connectivity index (χ0v) is 40.7. The smallest absolute Gasteiger partial charge is 0.193 e.